The van der Waals surface area contributed by atoms with Crippen LogP contribution in [0, 0.1) is 0 Å². The van der Waals surface area contributed by atoms with Crippen LogP contribution in [0.4, 0.5) is 11.4 Å². The minimum Gasteiger partial charge on any atom is -0.468 e. The molecule has 1 aromatic rings. The van der Waals surface area contributed by atoms with E-state index in [-0.39, 0.29) is 0 Å². The van der Waals surface area contributed by atoms with Gasteiger partial charge in [0, 0.05) is 11.4 Å². The SMILES string of the molecule is Nc1cc(N)cc(CCCOC=O)c1. The van der Waals surface area contributed by atoms with Crippen molar-refractivity contribution in [2.45, 2.75) is 12.8 Å². The molecule has 0 fully saturated rings. The quantitative estimate of drug-likeness (QED) is 0.415. The smallest absolute Gasteiger partial charge is 0.293 e. The minimum atomic E-state index is 0.429. The van der Waals surface area contributed by atoms with Gasteiger partial charge < -0.3 is 16.2 Å². The van der Waals surface area contributed by atoms with Crippen LogP contribution in [0.25, 0.3) is 0 Å². The molecule has 14 heavy (non-hydrogen) atoms. The maximum atomic E-state index is 9.86. The average molecular weight is 194 g/mol. The molecule has 0 heterocycles. The molecule has 0 saturated carbocycles. The second kappa shape index (κ2) is 5.11. The number of nitrogen functional groups attached to an aromatic ring is 2. The largest absolute Gasteiger partial charge is 0.468 e. The van der Waals surface area contributed by atoms with E-state index in [4.69, 9.17) is 11.5 Å². The molecule has 0 aliphatic carbocycles. The molecule has 0 spiro atoms. The Morgan fingerprint density at radius 2 is 1.86 bits per heavy atom. The molecule has 0 amide bonds. The van der Waals surface area contributed by atoms with Crippen molar-refractivity contribution in [2.24, 2.45) is 0 Å². The van der Waals surface area contributed by atoms with E-state index in [1.807, 2.05) is 12.1 Å². The molecular weight excluding hydrogens is 180 g/mol. The third kappa shape index (κ3) is 3.35. The Morgan fingerprint density at radius 3 is 2.43 bits per heavy atom. The topological polar surface area (TPSA) is 78.3 Å². The third-order valence-corrected chi connectivity index (χ3v) is 1.83. The fraction of sp³-hybridized carbons (Fsp3) is 0.300. The molecule has 1 rings (SSSR count). The Kier molecular flexibility index (Phi) is 3.79. The van der Waals surface area contributed by atoms with E-state index in [0.717, 1.165) is 18.4 Å². The highest BCUT2D eigenvalue weighted by atomic mass is 16.5. The summed E-state index contributed by atoms with van der Waals surface area (Å²) in [5.41, 5.74) is 13.6. The Hall–Kier alpha value is -1.71. The van der Waals surface area contributed by atoms with E-state index >= 15 is 0 Å². The molecule has 0 atom stereocenters. The highest BCUT2D eigenvalue weighted by Gasteiger charge is 1.97. The van der Waals surface area contributed by atoms with Gasteiger partial charge in [0.25, 0.3) is 6.47 Å². The van der Waals surface area contributed by atoms with Crippen molar-refractivity contribution in [2.75, 3.05) is 18.1 Å². The summed E-state index contributed by atoms with van der Waals surface area (Å²) in [4.78, 5) is 9.86. The van der Waals surface area contributed by atoms with Gasteiger partial charge in [-0.3, -0.25) is 4.79 Å². The van der Waals surface area contributed by atoms with E-state index in [9.17, 15) is 4.79 Å². The number of hydrogen-bond acceptors (Lipinski definition) is 4. The van der Waals surface area contributed by atoms with E-state index in [2.05, 4.69) is 4.74 Å². The molecule has 1 aromatic carbocycles. The van der Waals surface area contributed by atoms with Gasteiger partial charge in [0.15, 0.2) is 0 Å². The van der Waals surface area contributed by atoms with Crippen LogP contribution in [0.2, 0.25) is 0 Å². The molecule has 0 aliphatic rings. The number of anilines is 2. The molecule has 76 valence electrons. The van der Waals surface area contributed by atoms with Gasteiger partial charge >= 0.3 is 0 Å². The summed E-state index contributed by atoms with van der Waals surface area (Å²) in [7, 11) is 0. The van der Waals surface area contributed by atoms with Crippen LogP contribution in [-0.4, -0.2) is 13.1 Å². The average Bonchev–Trinajstić information content (AvgIpc) is 2.11. The lowest BCUT2D eigenvalue weighted by Gasteiger charge is -2.04. The van der Waals surface area contributed by atoms with Crippen molar-refractivity contribution in [3.63, 3.8) is 0 Å². The molecule has 0 radical (unpaired) electrons. The summed E-state index contributed by atoms with van der Waals surface area (Å²) in [5.74, 6) is 0. The predicted molar refractivity (Wildman–Crippen MR) is 55.6 cm³/mol. The molecule has 0 bridgehead atoms. The summed E-state index contributed by atoms with van der Waals surface area (Å²) in [6.45, 7) is 0.881. The molecule has 4 heteroatoms. The van der Waals surface area contributed by atoms with Gasteiger partial charge in [-0.1, -0.05) is 0 Å². The third-order valence-electron chi connectivity index (χ3n) is 1.83. The summed E-state index contributed by atoms with van der Waals surface area (Å²) in [5, 5.41) is 0. The van der Waals surface area contributed by atoms with Crippen LogP contribution in [-0.2, 0) is 16.0 Å². The van der Waals surface area contributed by atoms with Crippen molar-refractivity contribution >= 4 is 17.8 Å². The monoisotopic (exact) mass is 194 g/mol. The summed E-state index contributed by atoms with van der Waals surface area (Å²) in [6, 6.07) is 5.46. The highest BCUT2D eigenvalue weighted by Crippen LogP contribution is 2.14. The number of carbonyl (C=O) groups excluding carboxylic acids is 1. The first-order valence-corrected chi connectivity index (χ1v) is 4.42. The fourth-order valence-electron chi connectivity index (χ4n) is 1.30. The Bertz CT molecular complexity index is 293. The van der Waals surface area contributed by atoms with E-state index in [1.165, 1.54) is 0 Å². The summed E-state index contributed by atoms with van der Waals surface area (Å²) < 4.78 is 4.57. The first-order valence-electron chi connectivity index (χ1n) is 4.42. The lowest BCUT2D eigenvalue weighted by atomic mass is 10.1. The Balaban J connectivity index is 2.46. The molecular formula is C10H14N2O2. The van der Waals surface area contributed by atoms with Crippen LogP contribution in [0.3, 0.4) is 0 Å². The van der Waals surface area contributed by atoms with Gasteiger partial charge in [-0.25, -0.2) is 0 Å². The molecule has 0 saturated heterocycles. The zero-order valence-electron chi connectivity index (χ0n) is 7.90. The van der Waals surface area contributed by atoms with Gasteiger partial charge in [-0.2, -0.15) is 0 Å². The van der Waals surface area contributed by atoms with Crippen molar-refractivity contribution < 1.29 is 9.53 Å². The van der Waals surface area contributed by atoms with Crippen LogP contribution < -0.4 is 11.5 Å². The van der Waals surface area contributed by atoms with Crippen molar-refractivity contribution in [3.05, 3.63) is 23.8 Å². The summed E-state index contributed by atoms with van der Waals surface area (Å²) >= 11 is 0. The second-order valence-corrected chi connectivity index (χ2v) is 3.08. The van der Waals surface area contributed by atoms with Crippen LogP contribution in [0.15, 0.2) is 18.2 Å². The van der Waals surface area contributed by atoms with E-state index in [1.54, 1.807) is 6.07 Å². The molecule has 0 aliphatic heterocycles. The predicted octanol–water partition coefficient (Wildman–Crippen LogP) is 0.957. The first-order chi connectivity index (χ1) is 6.72. The van der Waals surface area contributed by atoms with Gasteiger partial charge in [-0.15, -0.1) is 0 Å². The standard InChI is InChI=1S/C10H14N2O2/c11-9-4-8(5-10(12)6-9)2-1-3-14-7-13/h4-7H,1-3,11-12H2. The van der Waals surface area contributed by atoms with Crippen LogP contribution in [0.1, 0.15) is 12.0 Å². The van der Waals surface area contributed by atoms with Gasteiger partial charge in [0.1, 0.15) is 0 Å². The molecule has 4 N–H and O–H groups in total. The van der Waals surface area contributed by atoms with Crippen LogP contribution >= 0.6 is 0 Å². The Labute approximate surface area is 82.8 Å². The van der Waals surface area contributed by atoms with Crippen LogP contribution in [0.5, 0.6) is 0 Å². The van der Waals surface area contributed by atoms with Gasteiger partial charge in [0.05, 0.1) is 6.61 Å². The molecule has 0 unspecified atom stereocenters. The van der Waals surface area contributed by atoms with Crippen molar-refractivity contribution in [1.29, 1.82) is 0 Å². The fourth-order valence-corrected chi connectivity index (χ4v) is 1.30. The van der Waals surface area contributed by atoms with Crippen molar-refractivity contribution in [1.82, 2.24) is 0 Å². The number of nitrogens with two attached hydrogens (primary N) is 2. The number of hydrogen-bond donors (Lipinski definition) is 2. The first kappa shape index (κ1) is 10.4. The molecule has 0 aromatic heterocycles. The number of benzene rings is 1. The number of aryl methyl sites for hydroxylation is 1. The summed E-state index contributed by atoms with van der Waals surface area (Å²) in [6.07, 6.45) is 1.59. The van der Waals surface area contributed by atoms with Gasteiger partial charge in [-0.05, 0) is 36.6 Å². The zero-order valence-corrected chi connectivity index (χ0v) is 7.90. The van der Waals surface area contributed by atoms with Gasteiger partial charge in [0.2, 0.25) is 0 Å². The number of ether oxygens (including phenoxy) is 1. The zero-order chi connectivity index (χ0) is 10.4. The normalized spacial score (nSPS) is 9.71. The van der Waals surface area contributed by atoms with E-state index < -0.39 is 0 Å². The maximum absolute atomic E-state index is 9.86. The number of carbonyl (C=O) groups is 1. The lowest BCUT2D eigenvalue weighted by molar-refractivity contribution is -0.128. The Morgan fingerprint density at radius 1 is 1.21 bits per heavy atom. The molecule has 4 nitrogen and oxygen atoms in total. The van der Waals surface area contributed by atoms with E-state index in [0.29, 0.717) is 24.5 Å². The number of rotatable bonds is 5. The second-order valence-electron chi connectivity index (χ2n) is 3.08. The van der Waals surface area contributed by atoms with Crippen molar-refractivity contribution in [3.8, 4) is 0 Å². The maximum Gasteiger partial charge on any atom is 0.293 e. The minimum absolute atomic E-state index is 0.429. The highest BCUT2D eigenvalue weighted by molar-refractivity contribution is 5.54. The lowest BCUT2D eigenvalue weighted by Crippen LogP contribution is -1.97.